The van der Waals surface area contributed by atoms with E-state index in [0.29, 0.717) is 11.8 Å². The van der Waals surface area contributed by atoms with E-state index in [-0.39, 0.29) is 10.2 Å². The molecule has 0 unspecified atom stereocenters. The van der Waals surface area contributed by atoms with Gasteiger partial charge in [-0.15, -0.1) is 45.3 Å². The molecular formula is C36H34O2S6. The van der Waals surface area contributed by atoms with Crippen molar-refractivity contribution in [3.8, 4) is 9.75 Å². The van der Waals surface area contributed by atoms with Crippen molar-refractivity contribution >= 4 is 110 Å². The molecule has 0 saturated heterocycles. The van der Waals surface area contributed by atoms with Gasteiger partial charge in [0.2, 0.25) is 10.2 Å². The van der Waals surface area contributed by atoms with Gasteiger partial charge < -0.3 is 0 Å². The molecule has 2 aliphatic heterocycles. The first-order valence-corrected chi connectivity index (χ1v) is 19.8. The molecule has 226 valence electrons. The van der Waals surface area contributed by atoms with Gasteiger partial charge in [0.15, 0.2) is 0 Å². The zero-order valence-electron chi connectivity index (χ0n) is 26.6. The van der Waals surface area contributed by atoms with Crippen molar-refractivity contribution in [2.75, 3.05) is 0 Å². The molecule has 44 heavy (non-hydrogen) atoms. The van der Waals surface area contributed by atoms with Gasteiger partial charge in [-0.3, -0.25) is 9.59 Å². The quantitative estimate of drug-likeness (QED) is 0.184. The molecule has 0 bridgehead atoms. The third-order valence-corrected chi connectivity index (χ3v) is 17.4. The van der Waals surface area contributed by atoms with Gasteiger partial charge in [-0.05, 0) is 133 Å². The lowest BCUT2D eigenvalue weighted by Gasteiger charge is -2.03. The highest BCUT2D eigenvalue weighted by Crippen LogP contribution is 2.60. The van der Waals surface area contributed by atoms with Crippen LogP contribution in [0.25, 0.3) is 41.1 Å². The Morgan fingerprint density at radius 1 is 0.523 bits per heavy atom. The lowest BCUT2D eigenvalue weighted by Crippen LogP contribution is -1.96. The summed E-state index contributed by atoms with van der Waals surface area (Å²) in [5.74, 6) is 0.925. The zero-order valence-corrected chi connectivity index (χ0v) is 31.5. The number of thiophene rings is 4. The van der Waals surface area contributed by atoms with E-state index in [1.165, 1.54) is 91.0 Å². The molecule has 5 aromatic rings. The minimum Gasteiger partial charge on any atom is -0.281 e. The zero-order chi connectivity index (χ0) is 31.5. The fraction of sp³-hybridized carbons (Fsp3) is 0.333. The second-order valence-electron chi connectivity index (χ2n) is 12.5. The Morgan fingerprint density at radius 2 is 1.02 bits per heavy atom. The van der Waals surface area contributed by atoms with E-state index >= 15 is 0 Å². The number of hydrogen-bond acceptors (Lipinski definition) is 8. The van der Waals surface area contributed by atoms with Crippen LogP contribution in [0.5, 0.6) is 0 Å². The van der Waals surface area contributed by atoms with Crippen molar-refractivity contribution in [1.82, 2.24) is 0 Å². The van der Waals surface area contributed by atoms with E-state index in [1.807, 2.05) is 22.7 Å². The Kier molecular flexibility index (Phi) is 7.55. The highest BCUT2D eigenvalue weighted by molar-refractivity contribution is 8.25. The molecule has 4 aromatic heterocycles. The van der Waals surface area contributed by atoms with E-state index in [9.17, 15) is 9.59 Å². The molecule has 0 saturated carbocycles. The molecule has 8 heteroatoms. The van der Waals surface area contributed by atoms with Crippen LogP contribution in [-0.4, -0.2) is 10.2 Å². The van der Waals surface area contributed by atoms with Gasteiger partial charge in [0, 0.05) is 48.5 Å². The third kappa shape index (κ3) is 4.39. The lowest BCUT2D eigenvalue weighted by molar-refractivity contribution is -0.106. The highest BCUT2D eigenvalue weighted by atomic mass is 32.2. The number of carbonyl (C=O) groups excluding carboxylic acids is 2. The number of aryl methyl sites for hydroxylation is 2. The average Bonchev–Trinajstić information content (AvgIpc) is 3.80. The van der Waals surface area contributed by atoms with Crippen LogP contribution in [0.2, 0.25) is 0 Å². The summed E-state index contributed by atoms with van der Waals surface area (Å²) in [7, 11) is 0. The summed E-state index contributed by atoms with van der Waals surface area (Å²) in [4.78, 5) is 36.3. The van der Waals surface area contributed by atoms with Crippen LogP contribution >= 0.6 is 68.9 Å². The maximum Gasteiger partial charge on any atom is 0.226 e. The monoisotopic (exact) mass is 690 g/mol. The number of thioether (sulfide) groups is 2. The van der Waals surface area contributed by atoms with Crippen molar-refractivity contribution in [3.05, 3.63) is 74.8 Å². The summed E-state index contributed by atoms with van der Waals surface area (Å²) in [6.45, 7) is 22.1. The first kappa shape index (κ1) is 30.7. The molecule has 6 heterocycles. The topological polar surface area (TPSA) is 34.1 Å². The van der Waals surface area contributed by atoms with Crippen molar-refractivity contribution in [2.24, 2.45) is 0 Å². The standard InChI is InChI=1S/C36H34O2S6/c1-13(2)23-11-21-19(9)29-22(20(10)28(21)39-23)12-24(40-29)30-16(6)18(8)32(42-30)26-34-33(43-36(26)38)25(35(37)44-34)31-17(7)15(5)27(41-31)14(3)4/h11-14H,1-10H3. The van der Waals surface area contributed by atoms with E-state index < -0.39 is 0 Å². The molecule has 0 atom stereocenters. The largest absolute Gasteiger partial charge is 0.281 e. The molecule has 2 aliphatic rings. The predicted octanol–water partition coefficient (Wildman–Crippen LogP) is 12.7. The van der Waals surface area contributed by atoms with E-state index in [1.54, 1.807) is 22.7 Å². The summed E-state index contributed by atoms with van der Waals surface area (Å²) in [5.41, 5.74) is 8.98. The van der Waals surface area contributed by atoms with Crippen molar-refractivity contribution in [2.45, 2.75) is 81.1 Å². The average molecular weight is 691 g/mol. The molecule has 0 aliphatic carbocycles. The highest BCUT2D eigenvalue weighted by Gasteiger charge is 2.43. The molecule has 7 rings (SSSR count). The Labute approximate surface area is 283 Å². The number of fused-ring (bicyclic) bond motifs is 3. The number of carbonyl (C=O) groups is 2. The Balaban J connectivity index is 1.36. The number of rotatable bonds is 5. The van der Waals surface area contributed by atoms with Gasteiger partial charge in [-0.25, -0.2) is 0 Å². The van der Waals surface area contributed by atoms with Crippen LogP contribution in [0, 0.1) is 41.5 Å². The summed E-state index contributed by atoms with van der Waals surface area (Å²) in [6.07, 6.45) is 0. The van der Waals surface area contributed by atoms with Crippen LogP contribution in [0.3, 0.4) is 0 Å². The maximum atomic E-state index is 13.7. The number of benzene rings is 1. The molecule has 1 aromatic carbocycles. The fourth-order valence-corrected chi connectivity index (χ4v) is 14.3. The first-order valence-electron chi connectivity index (χ1n) is 14.9. The fourth-order valence-electron chi connectivity index (χ4n) is 6.32. The summed E-state index contributed by atoms with van der Waals surface area (Å²) >= 11 is 9.75. The van der Waals surface area contributed by atoms with Crippen LogP contribution in [0.1, 0.15) is 92.4 Å². The Morgan fingerprint density at radius 3 is 1.57 bits per heavy atom. The van der Waals surface area contributed by atoms with Gasteiger partial charge in [0.05, 0.1) is 11.1 Å². The molecule has 0 N–H and O–H groups in total. The summed E-state index contributed by atoms with van der Waals surface area (Å²) in [6, 6.07) is 4.76. The third-order valence-electron chi connectivity index (χ3n) is 9.13. The first-order chi connectivity index (χ1) is 20.8. The molecule has 0 amide bonds. The smallest absolute Gasteiger partial charge is 0.226 e. The lowest BCUT2D eigenvalue weighted by atomic mass is 10.0. The van der Waals surface area contributed by atoms with Crippen molar-refractivity contribution in [3.63, 3.8) is 0 Å². The summed E-state index contributed by atoms with van der Waals surface area (Å²) < 4.78 is 2.76. The SMILES string of the molecule is Cc1c(C2=C3SC(=O)C(c4sc(C(C)C)c(C)c4C)=C3SC2=O)sc(-c2cc3c(C)c4sc(C(C)C)cc4c(C)c3s2)c1C. The maximum absolute atomic E-state index is 13.7. The van der Waals surface area contributed by atoms with Crippen LogP contribution in [0.15, 0.2) is 21.9 Å². The molecule has 0 fully saturated rings. The Bertz CT molecular complexity index is 2110. The van der Waals surface area contributed by atoms with Crippen molar-refractivity contribution < 1.29 is 9.59 Å². The van der Waals surface area contributed by atoms with E-state index in [0.717, 1.165) is 36.3 Å². The van der Waals surface area contributed by atoms with Gasteiger partial charge in [-0.1, -0.05) is 27.7 Å². The van der Waals surface area contributed by atoms with Gasteiger partial charge >= 0.3 is 0 Å². The van der Waals surface area contributed by atoms with Gasteiger partial charge in [0.1, 0.15) is 0 Å². The number of hydrogen-bond donors (Lipinski definition) is 0. The van der Waals surface area contributed by atoms with Crippen LogP contribution in [0.4, 0.5) is 0 Å². The van der Waals surface area contributed by atoms with Crippen LogP contribution in [-0.2, 0) is 9.59 Å². The van der Waals surface area contributed by atoms with E-state index in [2.05, 4.69) is 81.4 Å². The second kappa shape index (κ2) is 10.8. The normalized spacial score (nSPS) is 15.6. The molecular weight excluding hydrogens is 657 g/mol. The minimum atomic E-state index is 0.0580. The predicted molar refractivity (Wildman–Crippen MR) is 200 cm³/mol. The Hall–Kier alpha value is -1.94. The van der Waals surface area contributed by atoms with E-state index in [4.69, 9.17) is 0 Å². The van der Waals surface area contributed by atoms with Crippen LogP contribution < -0.4 is 0 Å². The van der Waals surface area contributed by atoms with Gasteiger partial charge in [0.25, 0.3) is 0 Å². The van der Waals surface area contributed by atoms with Gasteiger partial charge in [-0.2, -0.15) is 0 Å². The molecule has 0 radical (unpaired) electrons. The molecule has 2 nitrogen and oxygen atoms in total. The van der Waals surface area contributed by atoms with Crippen molar-refractivity contribution in [1.29, 1.82) is 0 Å². The second-order valence-corrected chi connectivity index (χ2v) is 18.7. The molecule has 0 spiro atoms. The summed E-state index contributed by atoms with van der Waals surface area (Å²) in [5, 5.41) is 2.84. The minimum absolute atomic E-state index is 0.0580.